The Kier molecular flexibility index (Phi) is 8.38. The summed E-state index contributed by atoms with van der Waals surface area (Å²) in [5.74, 6) is 0.328. The minimum Gasteiger partial charge on any atom is -0.506 e. The van der Waals surface area contributed by atoms with Gasteiger partial charge in [-0.3, -0.25) is 9.88 Å². The fraction of sp³-hybridized carbons (Fsp3) is 0.389. The molecule has 0 amide bonds. The van der Waals surface area contributed by atoms with E-state index in [1.807, 2.05) is 30.5 Å². The normalized spacial score (nSPS) is 14.6. The molecule has 0 atom stereocenters. The summed E-state index contributed by atoms with van der Waals surface area (Å²) in [6.45, 7) is 3.00. The molecule has 23 heavy (non-hydrogen) atoms. The second-order valence-electron chi connectivity index (χ2n) is 5.81. The van der Waals surface area contributed by atoms with Crippen LogP contribution < -0.4 is 0 Å². The number of likely N-dealkylation sites (tertiary alicyclic amines) is 1. The zero-order valence-electron chi connectivity index (χ0n) is 13.1. The van der Waals surface area contributed by atoms with Gasteiger partial charge in [0, 0.05) is 12.7 Å². The van der Waals surface area contributed by atoms with Gasteiger partial charge < -0.3 is 5.11 Å². The van der Waals surface area contributed by atoms with Crippen molar-refractivity contribution in [2.75, 3.05) is 13.1 Å². The number of piperidine rings is 1. The molecule has 3 nitrogen and oxygen atoms in total. The van der Waals surface area contributed by atoms with Gasteiger partial charge in [-0.1, -0.05) is 36.8 Å². The number of aromatic hydroxyl groups is 1. The molecule has 0 bridgehead atoms. The summed E-state index contributed by atoms with van der Waals surface area (Å²) in [5.41, 5.74) is 3.09. The van der Waals surface area contributed by atoms with Crippen molar-refractivity contribution in [1.29, 1.82) is 0 Å². The molecule has 0 spiro atoms. The Morgan fingerprint density at radius 2 is 1.65 bits per heavy atom. The molecule has 0 aliphatic carbocycles. The molecule has 1 aromatic heterocycles. The smallest absolute Gasteiger partial charge is 0.138 e. The van der Waals surface area contributed by atoms with Crippen LogP contribution in [0.1, 0.15) is 36.1 Å². The number of rotatable bonds is 4. The maximum Gasteiger partial charge on any atom is 0.138 e. The molecule has 1 fully saturated rings. The highest BCUT2D eigenvalue weighted by Gasteiger charge is 2.13. The highest BCUT2D eigenvalue weighted by molar-refractivity contribution is 5.85. The van der Waals surface area contributed by atoms with E-state index in [-0.39, 0.29) is 24.8 Å². The van der Waals surface area contributed by atoms with Crippen LogP contribution in [-0.2, 0) is 13.0 Å². The van der Waals surface area contributed by atoms with E-state index in [1.165, 1.54) is 24.8 Å². The average Bonchev–Trinajstić information content (AvgIpc) is 2.52. The van der Waals surface area contributed by atoms with Crippen LogP contribution in [0.4, 0.5) is 0 Å². The van der Waals surface area contributed by atoms with Gasteiger partial charge >= 0.3 is 0 Å². The number of hydrogen-bond donors (Lipinski definition) is 1. The molecule has 5 heteroatoms. The van der Waals surface area contributed by atoms with Crippen molar-refractivity contribution in [3.63, 3.8) is 0 Å². The van der Waals surface area contributed by atoms with E-state index in [9.17, 15) is 5.11 Å². The molecule has 1 N–H and O–H groups in total. The average molecular weight is 355 g/mol. The summed E-state index contributed by atoms with van der Waals surface area (Å²) in [4.78, 5) is 6.85. The number of pyridine rings is 1. The summed E-state index contributed by atoms with van der Waals surface area (Å²) in [5, 5.41) is 10.2. The van der Waals surface area contributed by atoms with E-state index in [1.54, 1.807) is 0 Å². The lowest BCUT2D eigenvalue weighted by Gasteiger charge is -2.26. The summed E-state index contributed by atoms with van der Waals surface area (Å²) in [7, 11) is 0. The Morgan fingerprint density at radius 3 is 2.30 bits per heavy atom. The third-order valence-corrected chi connectivity index (χ3v) is 4.08. The maximum atomic E-state index is 10.2. The minimum atomic E-state index is 0. The maximum absolute atomic E-state index is 10.2. The van der Waals surface area contributed by atoms with Gasteiger partial charge in [0.2, 0.25) is 0 Å². The van der Waals surface area contributed by atoms with Crippen LogP contribution in [0.5, 0.6) is 5.75 Å². The number of nitrogens with zero attached hydrogens (tertiary/aromatic N) is 2. The van der Waals surface area contributed by atoms with Gasteiger partial charge in [0.05, 0.1) is 5.69 Å². The quantitative estimate of drug-likeness (QED) is 0.893. The number of halogens is 2. The van der Waals surface area contributed by atoms with Crippen molar-refractivity contribution in [3.05, 3.63) is 59.4 Å². The van der Waals surface area contributed by atoms with Crippen molar-refractivity contribution in [2.24, 2.45) is 0 Å². The predicted molar refractivity (Wildman–Crippen MR) is 98.8 cm³/mol. The molecule has 2 heterocycles. The lowest BCUT2D eigenvalue weighted by molar-refractivity contribution is 0.216. The molecule has 0 unspecified atom stereocenters. The fourth-order valence-electron chi connectivity index (χ4n) is 2.90. The highest BCUT2D eigenvalue weighted by atomic mass is 35.5. The van der Waals surface area contributed by atoms with Crippen LogP contribution in [-0.4, -0.2) is 28.1 Å². The third-order valence-electron chi connectivity index (χ3n) is 4.08. The van der Waals surface area contributed by atoms with E-state index in [0.29, 0.717) is 5.75 Å². The molecule has 1 aliphatic heterocycles. The summed E-state index contributed by atoms with van der Waals surface area (Å²) < 4.78 is 0. The number of aromatic nitrogens is 1. The first-order valence-electron chi connectivity index (χ1n) is 7.74. The topological polar surface area (TPSA) is 36.4 Å². The predicted octanol–water partition coefficient (Wildman–Crippen LogP) is 4.21. The zero-order valence-corrected chi connectivity index (χ0v) is 14.8. The van der Waals surface area contributed by atoms with Gasteiger partial charge in [-0.05, 0) is 49.5 Å². The van der Waals surface area contributed by atoms with Crippen molar-refractivity contribution >= 4 is 24.8 Å². The van der Waals surface area contributed by atoms with Crippen LogP contribution in [0, 0.1) is 0 Å². The van der Waals surface area contributed by atoms with Crippen LogP contribution in [0.25, 0.3) is 0 Å². The molecule has 1 aromatic carbocycles. The Bertz CT molecular complexity index is 587. The number of benzene rings is 1. The van der Waals surface area contributed by atoms with Gasteiger partial charge in [-0.2, -0.15) is 0 Å². The number of hydrogen-bond acceptors (Lipinski definition) is 3. The van der Waals surface area contributed by atoms with Crippen molar-refractivity contribution < 1.29 is 5.11 Å². The first-order valence-corrected chi connectivity index (χ1v) is 7.74. The first kappa shape index (κ1) is 19.8. The van der Waals surface area contributed by atoms with Crippen LogP contribution in [0.2, 0.25) is 0 Å². The van der Waals surface area contributed by atoms with Crippen LogP contribution >= 0.6 is 24.8 Å². The highest BCUT2D eigenvalue weighted by Crippen LogP contribution is 2.21. The fourth-order valence-corrected chi connectivity index (χ4v) is 2.90. The van der Waals surface area contributed by atoms with Crippen LogP contribution in [0.15, 0.2) is 42.6 Å². The van der Waals surface area contributed by atoms with Gasteiger partial charge in [0.25, 0.3) is 0 Å². The molecular formula is C18H24Cl2N2O. The molecule has 0 saturated carbocycles. The molecule has 1 aliphatic rings. The lowest BCUT2D eigenvalue weighted by Crippen LogP contribution is -2.29. The summed E-state index contributed by atoms with van der Waals surface area (Å²) in [6, 6.07) is 12.1. The summed E-state index contributed by atoms with van der Waals surface area (Å²) in [6.07, 6.45) is 6.54. The Hall–Kier alpha value is -1.29. The van der Waals surface area contributed by atoms with E-state index in [4.69, 9.17) is 0 Å². The second-order valence-corrected chi connectivity index (χ2v) is 5.81. The van der Waals surface area contributed by atoms with Crippen molar-refractivity contribution in [2.45, 2.75) is 32.2 Å². The Balaban J connectivity index is 0.00000132. The van der Waals surface area contributed by atoms with E-state index >= 15 is 0 Å². The molecule has 1 saturated heterocycles. The molecule has 3 rings (SSSR count). The van der Waals surface area contributed by atoms with Crippen LogP contribution in [0.3, 0.4) is 0 Å². The Morgan fingerprint density at radius 1 is 0.957 bits per heavy atom. The molecular weight excluding hydrogens is 331 g/mol. The van der Waals surface area contributed by atoms with E-state index in [0.717, 1.165) is 37.3 Å². The SMILES string of the molecule is Cl.Cl.Oc1cc(Cc2ccccc2)cnc1CN1CCCCC1. The largest absolute Gasteiger partial charge is 0.506 e. The standard InChI is InChI=1S/C18H22N2O.2ClH/c21-18-12-16(11-15-7-3-1-4-8-15)13-19-17(18)14-20-9-5-2-6-10-20;;/h1,3-4,7-8,12-13,21H,2,5-6,9-11,14H2;2*1H. The second kappa shape index (κ2) is 9.76. The zero-order chi connectivity index (χ0) is 14.5. The van der Waals surface area contributed by atoms with E-state index < -0.39 is 0 Å². The van der Waals surface area contributed by atoms with Gasteiger partial charge in [-0.15, -0.1) is 24.8 Å². The lowest BCUT2D eigenvalue weighted by atomic mass is 10.1. The molecule has 2 aromatic rings. The van der Waals surface area contributed by atoms with Gasteiger partial charge in [0.15, 0.2) is 0 Å². The Labute approximate surface area is 150 Å². The third kappa shape index (κ3) is 5.69. The molecule has 126 valence electrons. The van der Waals surface area contributed by atoms with Gasteiger partial charge in [-0.25, -0.2) is 0 Å². The van der Waals surface area contributed by atoms with Gasteiger partial charge in [0.1, 0.15) is 5.75 Å². The monoisotopic (exact) mass is 354 g/mol. The van der Waals surface area contributed by atoms with Crippen molar-refractivity contribution in [1.82, 2.24) is 9.88 Å². The van der Waals surface area contributed by atoms with E-state index in [2.05, 4.69) is 22.0 Å². The van der Waals surface area contributed by atoms with Crippen molar-refractivity contribution in [3.8, 4) is 5.75 Å². The summed E-state index contributed by atoms with van der Waals surface area (Å²) >= 11 is 0. The first-order chi connectivity index (χ1) is 10.3. The minimum absolute atomic E-state index is 0. The molecule has 0 radical (unpaired) electrons.